The lowest BCUT2D eigenvalue weighted by atomic mass is 9.76. The molecule has 0 aromatic heterocycles. The number of carboxylic acid groups (broad SMARTS) is 1. The molecule has 5 heteroatoms. The van der Waals surface area contributed by atoms with Gasteiger partial charge < -0.3 is 10.0 Å². The second kappa shape index (κ2) is 7.39. The maximum Gasteiger partial charge on any atom is 0.311 e. The van der Waals surface area contributed by atoms with Crippen LogP contribution >= 0.6 is 11.8 Å². The lowest BCUT2D eigenvalue weighted by Crippen LogP contribution is -2.41. The molecule has 0 radical (unpaired) electrons. The molecule has 0 bridgehead atoms. The molecular formula is C18H25NO3S. The summed E-state index contributed by atoms with van der Waals surface area (Å²) in [7, 11) is 0. The molecule has 1 N–H and O–H groups in total. The average Bonchev–Trinajstić information content (AvgIpc) is 2.94. The Labute approximate surface area is 142 Å². The summed E-state index contributed by atoms with van der Waals surface area (Å²) in [6.45, 7) is 6.79. The second-order valence-corrected chi connectivity index (χ2v) is 7.65. The zero-order valence-electron chi connectivity index (χ0n) is 14.0. The smallest absolute Gasteiger partial charge is 0.311 e. The first-order valence-corrected chi connectivity index (χ1v) is 9.15. The van der Waals surface area contributed by atoms with Crippen molar-refractivity contribution in [2.24, 2.45) is 11.3 Å². The van der Waals surface area contributed by atoms with Crippen molar-refractivity contribution in [2.45, 2.75) is 32.9 Å². The summed E-state index contributed by atoms with van der Waals surface area (Å²) in [5.74, 6) is 0.497. The molecule has 4 nitrogen and oxygen atoms in total. The van der Waals surface area contributed by atoms with E-state index in [1.807, 2.05) is 19.9 Å². The SMILES string of the molecule is Cc1cccc(CSCC(=O)N2CCC(C(=O)O)(C(C)C)C2)c1. The molecule has 1 aromatic carbocycles. The van der Waals surface area contributed by atoms with Crippen molar-refractivity contribution in [3.8, 4) is 0 Å². The molecule has 1 aromatic rings. The highest BCUT2D eigenvalue weighted by atomic mass is 32.2. The maximum atomic E-state index is 12.3. The largest absolute Gasteiger partial charge is 0.481 e. The molecular weight excluding hydrogens is 310 g/mol. The van der Waals surface area contributed by atoms with Crippen LogP contribution in [0.2, 0.25) is 0 Å². The van der Waals surface area contributed by atoms with Crippen molar-refractivity contribution in [3.05, 3.63) is 35.4 Å². The normalized spacial score (nSPS) is 21.0. The molecule has 1 amide bonds. The monoisotopic (exact) mass is 335 g/mol. The first-order chi connectivity index (χ1) is 10.8. The van der Waals surface area contributed by atoms with Gasteiger partial charge in [-0.15, -0.1) is 11.8 Å². The first-order valence-electron chi connectivity index (χ1n) is 7.99. The van der Waals surface area contributed by atoms with E-state index in [1.165, 1.54) is 11.1 Å². The third kappa shape index (κ3) is 4.08. The van der Waals surface area contributed by atoms with Gasteiger partial charge in [0.05, 0.1) is 11.2 Å². The lowest BCUT2D eigenvalue weighted by molar-refractivity contribution is -0.151. The molecule has 1 heterocycles. The molecule has 0 aliphatic carbocycles. The van der Waals surface area contributed by atoms with E-state index in [0.29, 0.717) is 25.3 Å². The van der Waals surface area contributed by atoms with E-state index in [2.05, 4.69) is 25.1 Å². The van der Waals surface area contributed by atoms with Crippen LogP contribution in [0.5, 0.6) is 0 Å². The minimum Gasteiger partial charge on any atom is -0.481 e. The topological polar surface area (TPSA) is 57.6 Å². The standard InChI is InChI=1S/C18H25NO3S/c1-13(2)18(17(21)22)7-8-19(12-18)16(20)11-23-10-15-6-4-5-14(3)9-15/h4-6,9,13H,7-8,10-12H2,1-3H3,(H,21,22). The number of carbonyl (C=O) groups excluding carboxylic acids is 1. The third-order valence-electron chi connectivity index (χ3n) is 4.76. The van der Waals surface area contributed by atoms with Gasteiger partial charge in [0.1, 0.15) is 0 Å². The Hall–Kier alpha value is -1.49. The van der Waals surface area contributed by atoms with Crippen LogP contribution in [0.25, 0.3) is 0 Å². The van der Waals surface area contributed by atoms with E-state index in [-0.39, 0.29) is 11.8 Å². The number of likely N-dealkylation sites (tertiary alicyclic amines) is 1. The van der Waals surface area contributed by atoms with E-state index in [9.17, 15) is 14.7 Å². The number of aliphatic carboxylic acids is 1. The Balaban J connectivity index is 1.86. The summed E-state index contributed by atoms with van der Waals surface area (Å²) >= 11 is 1.59. The van der Waals surface area contributed by atoms with Gasteiger partial charge in [-0.05, 0) is 24.8 Å². The quantitative estimate of drug-likeness (QED) is 0.867. The number of aryl methyl sites for hydroxylation is 1. The lowest BCUT2D eigenvalue weighted by Gasteiger charge is -2.28. The van der Waals surface area contributed by atoms with E-state index < -0.39 is 11.4 Å². The highest BCUT2D eigenvalue weighted by Gasteiger charge is 2.48. The summed E-state index contributed by atoms with van der Waals surface area (Å²) in [6.07, 6.45) is 0.550. The Kier molecular flexibility index (Phi) is 5.74. The van der Waals surface area contributed by atoms with Gasteiger partial charge in [-0.25, -0.2) is 0 Å². The molecule has 1 unspecified atom stereocenters. The molecule has 1 aliphatic heterocycles. The number of rotatable bonds is 6. The fraction of sp³-hybridized carbons (Fsp3) is 0.556. The van der Waals surface area contributed by atoms with Gasteiger partial charge in [-0.2, -0.15) is 0 Å². The molecule has 0 saturated carbocycles. The molecule has 126 valence electrons. The predicted octanol–water partition coefficient (Wildman–Crippen LogP) is 3.19. The number of carboxylic acids is 1. The molecule has 23 heavy (non-hydrogen) atoms. The van der Waals surface area contributed by atoms with E-state index >= 15 is 0 Å². The number of amides is 1. The predicted molar refractivity (Wildman–Crippen MR) is 93.4 cm³/mol. The summed E-state index contributed by atoms with van der Waals surface area (Å²) < 4.78 is 0. The fourth-order valence-electron chi connectivity index (χ4n) is 3.09. The Bertz CT molecular complexity index is 587. The molecule has 0 spiro atoms. The van der Waals surface area contributed by atoms with Gasteiger partial charge >= 0.3 is 5.97 Å². The van der Waals surface area contributed by atoms with Crippen LogP contribution in [0, 0.1) is 18.3 Å². The van der Waals surface area contributed by atoms with Crippen LogP contribution in [-0.2, 0) is 15.3 Å². The number of hydrogen-bond donors (Lipinski definition) is 1. The maximum absolute atomic E-state index is 12.3. The van der Waals surface area contributed by atoms with Crippen molar-refractivity contribution in [3.63, 3.8) is 0 Å². The van der Waals surface area contributed by atoms with Gasteiger partial charge in [-0.3, -0.25) is 9.59 Å². The number of hydrogen-bond acceptors (Lipinski definition) is 3. The van der Waals surface area contributed by atoms with Crippen LogP contribution in [-0.4, -0.2) is 40.7 Å². The highest BCUT2D eigenvalue weighted by Crippen LogP contribution is 2.38. The Morgan fingerprint density at radius 1 is 1.39 bits per heavy atom. The van der Waals surface area contributed by atoms with Crippen LogP contribution in [0.3, 0.4) is 0 Å². The van der Waals surface area contributed by atoms with Crippen LogP contribution in [0.4, 0.5) is 0 Å². The second-order valence-electron chi connectivity index (χ2n) is 6.66. The summed E-state index contributed by atoms with van der Waals surface area (Å²) in [6, 6.07) is 8.27. The molecule has 1 aliphatic rings. The van der Waals surface area contributed by atoms with Crippen molar-refractivity contribution in [1.82, 2.24) is 4.90 Å². The Morgan fingerprint density at radius 2 is 2.13 bits per heavy atom. The molecule has 1 saturated heterocycles. The van der Waals surface area contributed by atoms with Gasteiger partial charge in [0, 0.05) is 18.8 Å². The fourth-order valence-corrected chi connectivity index (χ4v) is 3.96. The van der Waals surface area contributed by atoms with Crippen molar-refractivity contribution >= 4 is 23.6 Å². The minimum atomic E-state index is -0.782. The highest BCUT2D eigenvalue weighted by molar-refractivity contribution is 7.99. The van der Waals surface area contributed by atoms with Crippen molar-refractivity contribution in [1.29, 1.82) is 0 Å². The van der Waals surface area contributed by atoms with Gasteiger partial charge in [0.15, 0.2) is 0 Å². The van der Waals surface area contributed by atoms with Gasteiger partial charge in [-0.1, -0.05) is 43.7 Å². The van der Waals surface area contributed by atoms with Gasteiger partial charge in [0.25, 0.3) is 0 Å². The third-order valence-corrected chi connectivity index (χ3v) is 5.75. The number of carbonyl (C=O) groups is 2. The molecule has 2 rings (SSSR count). The zero-order chi connectivity index (χ0) is 17.0. The van der Waals surface area contributed by atoms with E-state index in [0.717, 1.165) is 5.75 Å². The van der Waals surface area contributed by atoms with Crippen LogP contribution in [0.15, 0.2) is 24.3 Å². The van der Waals surface area contributed by atoms with Gasteiger partial charge in [0.2, 0.25) is 5.91 Å². The Morgan fingerprint density at radius 3 is 2.70 bits per heavy atom. The van der Waals surface area contributed by atoms with Crippen LogP contribution in [0.1, 0.15) is 31.4 Å². The molecule has 1 fully saturated rings. The zero-order valence-corrected chi connectivity index (χ0v) is 14.9. The number of thioether (sulfide) groups is 1. The number of benzene rings is 1. The van der Waals surface area contributed by atoms with Crippen molar-refractivity contribution < 1.29 is 14.7 Å². The number of nitrogens with zero attached hydrogens (tertiary/aromatic N) is 1. The van der Waals surface area contributed by atoms with E-state index in [4.69, 9.17) is 0 Å². The van der Waals surface area contributed by atoms with Crippen LogP contribution < -0.4 is 0 Å². The summed E-state index contributed by atoms with van der Waals surface area (Å²) in [5, 5.41) is 9.54. The minimum absolute atomic E-state index is 0.0257. The van der Waals surface area contributed by atoms with E-state index in [1.54, 1.807) is 16.7 Å². The summed E-state index contributed by atoms with van der Waals surface area (Å²) in [5.41, 5.74) is 1.65. The molecule has 1 atom stereocenters. The summed E-state index contributed by atoms with van der Waals surface area (Å²) in [4.78, 5) is 25.7. The first kappa shape index (κ1) is 17.9. The average molecular weight is 335 g/mol. The van der Waals surface area contributed by atoms with Crippen molar-refractivity contribution in [2.75, 3.05) is 18.8 Å².